The molecular weight excluding hydrogens is 332 g/mol. The van der Waals surface area contributed by atoms with E-state index < -0.39 is 18.1 Å². The second kappa shape index (κ2) is 8.51. The lowest BCUT2D eigenvalue weighted by molar-refractivity contribution is -0.139. The standard InChI is InChI=1S/C20H22N2O4/c23-15(13-26-16-6-2-1-3-7-16)12-22-19(20(24)25)10-14-11-21-18-9-5-4-8-17(14)18/h1-9,11,15,19,21-23H,10,12-13H2,(H,24,25)/t15-,19-/m1/s1. The van der Waals surface area contributed by atoms with Crippen molar-refractivity contribution in [1.82, 2.24) is 10.3 Å². The molecule has 136 valence electrons. The zero-order valence-corrected chi connectivity index (χ0v) is 14.3. The fourth-order valence-electron chi connectivity index (χ4n) is 2.81. The maximum absolute atomic E-state index is 11.6. The van der Waals surface area contributed by atoms with Gasteiger partial charge < -0.3 is 25.3 Å². The SMILES string of the molecule is O=C(O)[C@@H](Cc1c[nH]c2ccccc12)NC[C@@H](O)COc1ccccc1. The Bertz CT molecular complexity index is 847. The Morgan fingerprint density at radius 2 is 1.85 bits per heavy atom. The molecule has 0 radical (unpaired) electrons. The van der Waals surface area contributed by atoms with E-state index in [4.69, 9.17) is 4.74 Å². The van der Waals surface area contributed by atoms with Gasteiger partial charge in [0, 0.05) is 30.1 Å². The van der Waals surface area contributed by atoms with Crippen LogP contribution in [0.5, 0.6) is 5.75 Å². The lowest BCUT2D eigenvalue weighted by atomic mass is 10.0. The second-order valence-electron chi connectivity index (χ2n) is 6.14. The zero-order chi connectivity index (χ0) is 18.4. The number of carboxylic acids is 1. The van der Waals surface area contributed by atoms with Gasteiger partial charge in [0.2, 0.25) is 0 Å². The predicted molar refractivity (Wildman–Crippen MR) is 99.4 cm³/mol. The largest absolute Gasteiger partial charge is 0.491 e. The molecule has 0 saturated heterocycles. The molecular formula is C20H22N2O4. The molecule has 6 nitrogen and oxygen atoms in total. The molecule has 1 aromatic heterocycles. The summed E-state index contributed by atoms with van der Waals surface area (Å²) in [5, 5.41) is 23.5. The molecule has 0 aliphatic carbocycles. The van der Waals surface area contributed by atoms with Crippen LogP contribution in [0, 0.1) is 0 Å². The number of ether oxygens (including phenoxy) is 1. The summed E-state index contributed by atoms with van der Waals surface area (Å²) in [5.41, 5.74) is 1.90. The summed E-state index contributed by atoms with van der Waals surface area (Å²) in [6.45, 7) is 0.225. The summed E-state index contributed by atoms with van der Waals surface area (Å²) < 4.78 is 5.48. The van der Waals surface area contributed by atoms with E-state index in [-0.39, 0.29) is 13.2 Å². The number of fused-ring (bicyclic) bond motifs is 1. The molecule has 0 unspecified atom stereocenters. The van der Waals surface area contributed by atoms with Gasteiger partial charge in [0.05, 0.1) is 0 Å². The second-order valence-corrected chi connectivity index (χ2v) is 6.14. The van der Waals surface area contributed by atoms with Gasteiger partial charge in [-0.2, -0.15) is 0 Å². The van der Waals surface area contributed by atoms with Crippen molar-refractivity contribution < 1.29 is 19.7 Å². The Labute approximate surface area is 151 Å². The minimum Gasteiger partial charge on any atom is -0.491 e. The number of aliphatic hydroxyl groups excluding tert-OH is 1. The average molecular weight is 354 g/mol. The van der Waals surface area contributed by atoms with Crippen molar-refractivity contribution in [2.75, 3.05) is 13.2 Å². The molecule has 6 heteroatoms. The van der Waals surface area contributed by atoms with Gasteiger partial charge >= 0.3 is 5.97 Å². The third kappa shape index (κ3) is 4.62. The highest BCUT2D eigenvalue weighted by Gasteiger charge is 2.20. The van der Waals surface area contributed by atoms with Crippen LogP contribution in [0.3, 0.4) is 0 Å². The predicted octanol–water partition coefficient (Wildman–Crippen LogP) is 2.19. The highest BCUT2D eigenvalue weighted by atomic mass is 16.5. The van der Waals surface area contributed by atoms with E-state index in [1.807, 2.05) is 48.7 Å². The highest BCUT2D eigenvalue weighted by molar-refractivity contribution is 5.84. The molecule has 0 saturated carbocycles. The number of carbonyl (C=O) groups is 1. The highest BCUT2D eigenvalue weighted by Crippen LogP contribution is 2.19. The van der Waals surface area contributed by atoms with E-state index in [9.17, 15) is 15.0 Å². The first kappa shape index (κ1) is 18.0. The fraction of sp³-hybridized carbons (Fsp3) is 0.250. The number of aromatic amines is 1. The van der Waals surface area contributed by atoms with Crippen LogP contribution < -0.4 is 10.1 Å². The fourth-order valence-corrected chi connectivity index (χ4v) is 2.81. The number of para-hydroxylation sites is 2. The molecule has 26 heavy (non-hydrogen) atoms. The summed E-state index contributed by atoms with van der Waals surface area (Å²) in [6, 6.07) is 16.2. The molecule has 3 rings (SSSR count). The van der Waals surface area contributed by atoms with Gasteiger partial charge in [-0.15, -0.1) is 0 Å². The van der Waals surface area contributed by atoms with Crippen LogP contribution in [0.25, 0.3) is 10.9 Å². The van der Waals surface area contributed by atoms with Crippen LogP contribution in [0.1, 0.15) is 5.56 Å². The molecule has 0 spiro atoms. The Hall–Kier alpha value is -2.83. The number of carboxylic acid groups (broad SMARTS) is 1. The number of aliphatic carboxylic acids is 1. The van der Waals surface area contributed by atoms with Gasteiger partial charge in [-0.3, -0.25) is 4.79 Å². The number of rotatable bonds is 9. The summed E-state index contributed by atoms with van der Waals surface area (Å²) in [4.78, 5) is 14.7. The van der Waals surface area contributed by atoms with E-state index in [1.54, 1.807) is 12.1 Å². The number of hydrogen-bond acceptors (Lipinski definition) is 4. The molecule has 1 heterocycles. The smallest absolute Gasteiger partial charge is 0.321 e. The van der Waals surface area contributed by atoms with Gasteiger partial charge in [-0.05, 0) is 23.8 Å². The van der Waals surface area contributed by atoms with Gasteiger partial charge in [0.1, 0.15) is 24.5 Å². The van der Waals surface area contributed by atoms with Crippen molar-refractivity contribution in [2.45, 2.75) is 18.6 Å². The van der Waals surface area contributed by atoms with Crippen LogP contribution in [0.4, 0.5) is 0 Å². The summed E-state index contributed by atoms with van der Waals surface area (Å²) >= 11 is 0. The van der Waals surface area contributed by atoms with Crippen molar-refractivity contribution in [2.24, 2.45) is 0 Å². The number of hydrogen-bond donors (Lipinski definition) is 4. The minimum absolute atomic E-state index is 0.0937. The van der Waals surface area contributed by atoms with Gasteiger partial charge in [-0.1, -0.05) is 36.4 Å². The first-order chi connectivity index (χ1) is 12.6. The third-order valence-electron chi connectivity index (χ3n) is 4.18. The van der Waals surface area contributed by atoms with E-state index in [1.165, 1.54) is 0 Å². The van der Waals surface area contributed by atoms with E-state index in [2.05, 4.69) is 10.3 Å². The monoisotopic (exact) mass is 354 g/mol. The van der Waals surface area contributed by atoms with E-state index >= 15 is 0 Å². The molecule has 4 N–H and O–H groups in total. The topological polar surface area (TPSA) is 94.6 Å². The molecule has 0 fully saturated rings. The third-order valence-corrected chi connectivity index (χ3v) is 4.18. The van der Waals surface area contributed by atoms with E-state index in [0.717, 1.165) is 16.5 Å². The van der Waals surface area contributed by atoms with Crippen molar-refractivity contribution in [3.8, 4) is 5.75 Å². The van der Waals surface area contributed by atoms with Crippen LogP contribution in [0.15, 0.2) is 60.8 Å². The average Bonchev–Trinajstić information content (AvgIpc) is 3.07. The molecule has 3 aromatic rings. The van der Waals surface area contributed by atoms with Gasteiger partial charge in [0.15, 0.2) is 0 Å². The summed E-state index contributed by atoms with van der Waals surface area (Å²) in [7, 11) is 0. The molecule has 0 aliphatic rings. The number of aromatic nitrogens is 1. The van der Waals surface area contributed by atoms with E-state index in [0.29, 0.717) is 12.2 Å². The van der Waals surface area contributed by atoms with Crippen LogP contribution in [-0.4, -0.2) is 46.5 Å². The molecule has 2 aromatic carbocycles. The quantitative estimate of drug-likeness (QED) is 0.473. The normalized spacial score (nSPS) is 13.4. The summed E-state index contributed by atoms with van der Waals surface area (Å²) in [5.74, 6) is -0.286. The zero-order valence-electron chi connectivity index (χ0n) is 14.3. The van der Waals surface area contributed by atoms with Crippen LogP contribution in [-0.2, 0) is 11.2 Å². The Morgan fingerprint density at radius 3 is 2.62 bits per heavy atom. The maximum atomic E-state index is 11.6. The number of benzene rings is 2. The van der Waals surface area contributed by atoms with Crippen LogP contribution in [0.2, 0.25) is 0 Å². The Balaban J connectivity index is 1.54. The number of H-pyrrole nitrogens is 1. The molecule has 0 bridgehead atoms. The van der Waals surface area contributed by atoms with Crippen LogP contribution >= 0.6 is 0 Å². The number of aliphatic hydroxyl groups is 1. The van der Waals surface area contributed by atoms with Crippen molar-refractivity contribution in [1.29, 1.82) is 0 Å². The Kier molecular flexibility index (Phi) is 5.88. The van der Waals surface area contributed by atoms with Gasteiger partial charge in [0.25, 0.3) is 0 Å². The van der Waals surface area contributed by atoms with Crippen molar-refractivity contribution in [3.63, 3.8) is 0 Å². The lowest BCUT2D eigenvalue weighted by Crippen LogP contribution is -2.43. The first-order valence-electron chi connectivity index (χ1n) is 8.50. The van der Waals surface area contributed by atoms with Crippen molar-refractivity contribution in [3.05, 3.63) is 66.4 Å². The maximum Gasteiger partial charge on any atom is 0.321 e. The molecule has 2 atom stereocenters. The van der Waals surface area contributed by atoms with Gasteiger partial charge in [-0.25, -0.2) is 0 Å². The Morgan fingerprint density at radius 1 is 1.12 bits per heavy atom. The first-order valence-corrected chi connectivity index (χ1v) is 8.50. The lowest BCUT2D eigenvalue weighted by Gasteiger charge is -2.18. The molecule has 0 amide bonds. The summed E-state index contributed by atoms with van der Waals surface area (Å²) in [6.07, 6.45) is 1.35. The number of nitrogens with one attached hydrogen (secondary N) is 2. The minimum atomic E-state index is -0.952. The molecule has 0 aliphatic heterocycles. The van der Waals surface area contributed by atoms with Crippen molar-refractivity contribution >= 4 is 16.9 Å².